The van der Waals surface area contributed by atoms with Crippen molar-refractivity contribution in [3.63, 3.8) is 0 Å². The van der Waals surface area contributed by atoms with Crippen LogP contribution < -0.4 is 19.5 Å². The van der Waals surface area contributed by atoms with E-state index >= 15 is 0 Å². The van der Waals surface area contributed by atoms with Gasteiger partial charge in [-0.15, -0.1) is 0 Å². The van der Waals surface area contributed by atoms with Crippen LogP contribution in [-0.2, 0) is 14.8 Å². The van der Waals surface area contributed by atoms with Crippen molar-refractivity contribution >= 4 is 15.9 Å². The predicted molar refractivity (Wildman–Crippen MR) is 137 cm³/mol. The maximum Gasteiger partial charge on any atom is 0.243 e. The minimum atomic E-state index is -3.70. The number of fused-ring (bicyclic) bond motifs is 1. The SMILES string of the molecule is CNCC(C(=O)N1CC2=C(C1)CN(S(=O)(=O)c1ccc3c(c1)OCCO3)C2)c1cccc(OC2CC2)c1. The van der Waals surface area contributed by atoms with E-state index in [9.17, 15) is 13.2 Å². The maximum absolute atomic E-state index is 13.6. The first kappa shape index (κ1) is 24.3. The van der Waals surface area contributed by atoms with Crippen molar-refractivity contribution in [3.05, 3.63) is 59.2 Å². The smallest absolute Gasteiger partial charge is 0.243 e. The van der Waals surface area contributed by atoms with Crippen LogP contribution in [0, 0.1) is 0 Å². The van der Waals surface area contributed by atoms with Crippen LogP contribution in [0.5, 0.6) is 17.2 Å². The zero-order valence-electron chi connectivity index (χ0n) is 20.8. The third kappa shape index (κ3) is 4.81. The second-order valence-electron chi connectivity index (χ2n) is 9.98. The number of carbonyl (C=O) groups is 1. The molecule has 196 valence electrons. The number of nitrogens with zero attached hydrogens (tertiary/aromatic N) is 2. The summed E-state index contributed by atoms with van der Waals surface area (Å²) in [6.45, 7) is 2.82. The molecule has 2 aromatic carbocycles. The molecule has 1 N–H and O–H groups in total. The number of amides is 1. The van der Waals surface area contributed by atoms with E-state index in [0.717, 1.165) is 35.3 Å². The molecule has 0 aromatic heterocycles. The van der Waals surface area contributed by atoms with E-state index in [1.165, 1.54) is 10.4 Å². The van der Waals surface area contributed by atoms with Crippen LogP contribution in [0.1, 0.15) is 24.3 Å². The van der Waals surface area contributed by atoms with Crippen LogP contribution in [0.15, 0.2) is 58.5 Å². The number of hydrogen-bond donors (Lipinski definition) is 1. The van der Waals surface area contributed by atoms with Gasteiger partial charge in [0.1, 0.15) is 19.0 Å². The van der Waals surface area contributed by atoms with Gasteiger partial charge in [-0.1, -0.05) is 12.1 Å². The monoisotopic (exact) mass is 525 g/mol. The quantitative estimate of drug-likeness (QED) is 0.528. The van der Waals surface area contributed by atoms with Crippen LogP contribution in [0.4, 0.5) is 0 Å². The molecule has 1 unspecified atom stereocenters. The van der Waals surface area contributed by atoms with Crippen LogP contribution in [-0.4, -0.2) is 82.6 Å². The first-order valence-corrected chi connectivity index (χ1v) is 14.2. The molecule has 0 saturated heterocycles. The zero-order valence-corrected chi connectivity index (χ0v) is 21.6. The van der Waals surface area contributed by atoms with E-state index in [-0.39, 0.29) is 29.8 Å². The Balaban J connectivity index is 1.13. The van der Waals surface area contributed by atoms with Crippen molar-refractivity contribution in [2.24, 2.45) is 0 Å². The van der Waals surface area contributed by atoms with Crippen molar-refractivity contribution in [3.8, 4) is 17.2 Å². The van der Waals surface area contributed by atoms with Gasteiger partial charge >= 0.3 is 0 Å². The lowest BCUT2D eigenvalue weighted by Crippen LogP contribution is -2.40. The summed E-state index contributed by atoms with van der Waals surface area (Å²) >= 11 is 0. The van der Waals surface area contributed by atoms with Crippen LogP contribution in [0.2, 0.25) is 0 Å². The Bertz CT molecular complexity index is 1340. The second-order valence-corrected chi connectivity index (χ2v) is 11.9. The summed E-state index contributed by atoms with van der Waals surface area (Å²) in [5.74, 6) is 1.50. The number of hydrogen-bond acceptors (Lipinski definition) is 7. The van der Waals surface area contributed by atoms with Gasteiger partial charge < -0.3 is 24.4 Å². The molecule has 0 radical (unpaired) electrons. The molecule has 37 heavy (non-hydrogen) atoms. The van der Waals surface area contributed by atoms with Gasteiger partial charge in [0.25, 0.3) is 0 Å². The van der Waals surface area contributed by atoms with Crippen molar-refractivity contribution in [2.75, 3.05) is 53.0 Å². The first-order valence-electron chi connectivity index (χ1n) is 12.7. The Hall–Kier alpha value is -3.08. The number of benzene rings is 2. The van der Waals surface area contributed by atoms with E-state index in [4.69, 9.17) is 14.2 Å². The molecule has 3 heterocycles. The highest BCUT2D eigenvalue weighted by atomic mass is 32.2. The summed E-state index contributed by atoms with van der Waals surface area (Å²) in [6, 6.07) is 12.6. The summed E-state index contributed by atoms with van der Waals surface area (Å²) in [7, 11) is -1.86. The van der Waals surface area contributed by atoms with Gasteiger partial charge in [-0.25, -0.2) is 8.42 Å². The Labute approximate surface area is 217 Å². The third-order valence-corrected chi connectivity index (χ3v) is 9.04. The standard InChI is InChI=1S/C27H31N3O6S/c1-28-13-24(18-3-2-4-22(11-18)36-21-5-6-21)27(31)29-14-19-16-30(17-20(19)15-29)37(32,33)23-7-8-25-26(12-23)35-10-9-34-25/h2-4,7-8,11-12,21,24,28H,5-6,9-10,13-17H2,1H3. The molecule has 1 saturated carbocycles. The Morgan fingerprint density at radius 2 is 1.76 bits per heavy atom. The summed E-state index contributed by atoms with van der Waals surface area (Å²) in [5.41, 5.74) is 2.93. The molecular formula is C27H31N3O6S. The molecule has 0 bridgehead atoms. The molecule has 2 aromatic rings. The highest BCUT2D eigenvalue weighted by Gasteiger charge is 2.39. The topological polar surface area (TPSA) is 97.4 Å². The normalized spacial score (nSPS) is 20.2. The fourth-order valence-corrected chi connectivity index (χ4v) is 6.61. The molecule has 1 amide bonds. The van der Waals surface area contributed by atoms with E-state index in [1.54, 1.807) is 12.1 Å². The van der Waals surface area contributed by atoms with Crippen LogP contribution in [0.25, 0.3) is 0 Å². The highest BCUT2D eigenvalue weighted by molar-refractivity contribution is 7.89. The Kier molecular flexibility index (Phi) is 6.34. The van der Waals surface area contributed by atoms with Gasteiger partial charge in [0, 0.05) is 38.8 Å². The summed E-state index contributed by atoms with van der Waals surface area (Å²) < 4.78 is 45.2. The van der Waals surface area contributed by atoms with Gasteiger partial charge in [-0.2, -0.15) is 4.31 Å². The fourth-order valence-electron chi connectivity index (χ4n) is 5.16. The molecule has 1 fully saturated rings. The second kappa shape index (κ2) is 9.66. The average Bonchev–Trinajstić information content (AvgIpc) is 3.48. The molecule has 0 spiro atoms. The van der Waals surface area contributed by atoms with Crippen LogP contribution in [0.3, 0.4) is 0 Å². The largest absolute Gasteiger partial charge is 0.490 e. The minimum Gasteiger partial charge on any atom is -0.490 e. The van der Waals surface area contributed by atoms with Gasteiger partial charge in [-0.3, -0.25) is 4.79 Å². The number of likely N-dealkylation sites (N-methyl/N-ethyl adjacent to an activating group) is 1. The van der Waals surface area contributed by atoms with E-state index in [1.807, 2.05) is 36.2 Å². The highest BCUT2D eigenvalue weighted by Crippen LogP contribution is 2.36. The van der Waals surface area contributed by atoms with Crippen molar-refractivity contribution < 1.29 is 27.4 Å². The summed E-state index contributed by atoms with van der Waals surface area (Å²) in [6.07, 6.45) is 2.45. The summed E-state index contributed by atoms with van der Waals surface area (Å²) in [4.78, 5) is 15.6. The lowest BCUT2D eigenvalue weighted by Gasteiger charge is -2.27. The predicted octanol–water partition coefficient (Wildman–Crippen LogP) is 2.15. The number of sulfonamides is 1. The van der Waals surface area contributed by atoms with Crippen LogP contribution >= 0.6 is 0 Å². The van der Waals surface area contributed by atoms with E-state index < -0.39 is 10.0 Å². The number of rotatable bonds is 8. The molecule has 10 heteroatoms. The maximum atomic E-state index is 13.6. The van der Waals surface area contributed by atoms with Gasteiger partial charge in [0.2, 0.25) is 15.9 Å². The molecule has 9 nitrogen and oxygen atoms in total. The van der Waals surface area contributed by atoms with Crippen molar-refractivity contribution in [1.29, 1.82) is 0 Å². The average molecular weight is 526 g/mol. The number of ether oxygens (including phenoxy) is 3. The Morgan fingerprint density at radius 1 is 1.03 bits per heavy atom. The molecule has 6 rings (SSSR count). The van der Waals surface area contributed by atoms with Gasteiger partial charge in [-0.05, 0) is 60.9 Å². The minimum absolute atomic E-state index is 0.0357. The van der Waals surface area contributed by atoms with E-state index in [0.29, 0.717) is 50.5 Å². The van der Waals surface area contributed by atoms with E-state index in [2.05, 4.69) is 5.32 Å². The van der Waals surface area contributed by atoms with Gasteiger partial charge in [0.15, 0.2) is 11.5 Å². The molecule has 1 aliphatic carbocycles. The van der Waals surface area contributed by atoms with Crippen molar-refractivity contribution in [1.82, 2.24) is 14.5 Å². The molecule has 4 aliphatic rings. The third-order valence-electron chi connectivity index (χ3n) is 7.25. The first-order chi connectivity index (χ1) is 17.9. The lowest BCUT2D eigenvalue weighted by atomic mass is 9.97. The Morgan fingerprint density at radius 3 is 2.46 bits per heavy atom. The van der Waals surface area contributed by atoms with Gasteiger partial charge in [0.05, 0.1) is 16.9 Å². The zero-order chi connectivity index (χ0) is 25.6. The number of nitrogens with one attached hydrogen (secondary N) is 1. The lowest BCUT2D eigenvalue weighted by molar-refractivity contribution is -0.131. The molecule has 3 aliphatic heterocycles. The molecular weight excluding hydrogens is 494 g/mol. The van der Waals surface area contributed by atoms with Crippen molar-refractivity contribution in [2.45, 2.75) is 29.8 Å². The molecule has 1 atom stereocenters. The summed E-state index contributed by atoms with van der Waals surface area (Å²) in [5, 5.41) is 3.15. The fraction of sp³-hybridized carbons (Fsp3) is 0.444. The number of carbonyl (C=O) groups excluding carboxylic acids is 1.